The smallest absolute Gasteiger partial charge is 0.107 e. The lowest BCUT2D eigenvalue weighted by Crippen LogP contribution is -2.16. The first kappa shape index (κ1) is 14.1. The summed E-state index contributed by atoms with van der Waals surface area (Å²) in [6.07, 6.45) is 2.46. The molecule has 1 aromatic heterocycles. The molecule has 0 atom stereocenters. The first-order valence-electron chi connectivity index (χ1n) is 5.75. The topological polar surface area (TPSA) is 24.9 Å². The number of unbranched alkanes of at least 4 members (excludes halogenated alkanes) is 1. The minimum absolute atomic E-state index is 0.171. The molecule has 0 aromatic carbocycles. The summed E-state index contributed by atoms with van der Waals surface area (Å²) in [4.78, 5) is 4.65. The van der Waals surface area contributed by atoms with Gasteiger partial charge in [0.05, 0.1) is 5.69 Å². The van der Waals surface area contributed by atoms with Crippen molar-refractivity contribution in [1.29, 1.82) is 0 Å². The molecule has 1 aromatic rings. The highest BCUT2D eigenvalue weighted by Gasteiger charge is 2.16. The average Bonchev–Trinajstić information content (AvgIpc) is 2.65. The number of hydrogen-bond acceptors (Lipinski definition) is 3. The average molecular weight is 305 g/mol. The zero-order valence-electron chi connectivity index (χ0n) is 10.3. The van der Waals surface area contributed by atoms with Gasteiger partial charge in [-0.2, -0.15) is 0 Å². The molecule has 4 heteroatoms. The van der Waals surface area contributed by atoms with Crippen LogP contribution in [0.3, 0.4) is 0 Å². The summed E-state index contributed by atoms with van der Waals surface area (Å²) in [6, 6.07) is 0. The molecule has 1 N–H and O–H groups in total. The van der Waals surface area contributed by atoms with Crippen molar-refractivity contribution in [3.05, 3.63) is 16.1 Å². The van der Waals surface area contributed by atoms with Gasteiger partial charge in [0.2, 0.25) is 0 Å². The minimum Gasteiger partial charge on any atom is -0.310 e. The fourth-order valence-electron chi connectivity index (χ4n) is 1.28. The highest BCUT2D eigenvalue weighted by Crippen LogP contribution is 2.23. The van der Waals surface area contributed by atoms with Crippen LogP contribution in [0.2, 0.25) is 0 Å². The molecule has 16 heavy (non-hydrogen) atoms. The first-order chi connectivity index (χ1) is 7.54. The Hall–Kier alpha value is 0.0700. The molecule has 0 aliphatic heterocycles. The summed E-state index contributed by atoms with van der Waals surface area (Å²) in [5.41, 5.74) is 1.37. The van der Waals surface area contributed by atoms with Crippen LogP contribution in [0.15, 0.2) is 5.38 Å². The van der Waals surface area contributed by atoms with Crippen LogP contribution in [0.25, 0.3) is 0 Å². The van der Waals surface area contributed by atoms with E-state index in [9.17, 15) is 0 Å². The van der Waals surface area contributed by atoms with E-state index >= 15 is 0 Å². The summed E-state index contributed by atoms with van der Waals surface area (Å²) < 4.78 is 0. The Kier molecular flexibility index (Phi) is 5.94. The minimum atomic E-state index is 0.171. The Morgan fingerprint density at radius 2 is 2.12 bits per heavy atom. The van der Waals surface area contributed by atoms with E-state index in [1.807, 2.05) is 0 Å². The SMILES string of the molecule is CC(C)(C)c1csc(CNCCCCBr)n1. The second kappa shape index (κ2) is 6.72. The van der Waals surface area contributed by atoms with Crippen molar-refractivity contribution in [2.75, 3.05) is 11.9 Å². The number of nitrogens with one attached hydrogen (secondary N) is 1. The normalized spacial score (nSPS) is 12.0. The van der Waals surface area contributed by atoms with Crippen molar-refractivity contribution in [3.8, 4) is 0 Å². The molecule has 2 nitrogen and oxygen atoms in total. The van der Waals surface area contributed by atoms with Crippen molar-refractivity contribution in [2.24, 2.45) is 0 Å². The molecule has 0 saturated carbocycles. The summed E-state index contributed by atoms with van der Waals surface area (Å²) in [5, 5.41) is 7.90. The Balaban J connectivity index is 2.30. The molecule has 0 aliphatic rings. The van der Waals surface area contributed by atoms with E-state index < -0.39 is 0 Å². The second-order valence-electron chi connectivity index (χ2n) is 4.95. The molecule has 92 valence electrons. The molecule has 0 saturated heterocycles. The third kappa shape index (κ3) is 4.93. The summed E-state index contributed by atoms with van der Waals surface area (Å²) in [7, 11) is 0. The Bertz CT molecular complexity index is 304. The van der Waals surface area contributed by atoms with E-state index in [0.29, 0.717) is 0 Å². The number of nitrogens with zero attached hydrogens (tertiary/aromatic N) is 1. The zero-order valence-corrected chi connectivity index (χ0v) is 12.7. The maximum absolute atomic E-state index is 4.65. The number of thiazole rings is 1. The number of hydrogen-bond donors (Lipinski definition) is 1. The lowest BCUT2D eigenvalue weighted by Gasteiger charge is -2.14. The molecule has 0 aliphatic carbocycles. The third-order valence-electron chi connectivity index (χ3n) is 2.33. The largest absolute Gasteiger partial charge is 0.310 e. The molecule has 0 bridgehead atoms. The van der Waals surface area contributed by atoms with Gasteiger partial charge in [0.1, 0.15) is 5.01 Å². The van der Waals surface area contributed by atoms with E-state index in [-0.39, 0.29) is 5.41 Å². The Morgan fingerprint density at radius 3 is 2.69 bits per heavy atom. The lowest BCUT2D eigenvalue weighted by atomic mass is 9.93. The molecule has 0 radical (unpaired) electrons. The van der Waals surface area contributed by atoms with Gasteiger partial charge in [0.25, 0.3) is 0 Å². The lowest BCUT2D eigenvalue weighted by molar-refractivity contribution is 0.567. The first-order valence-corrected chi connectivity index (χ1v) is 7.75. The molecule has 1 rings (SSSR count). The highest BCUT2D eigenvalue weighted by molar-refractivity contribution is 9.09. The van der Waals surface area contributed by atoms with Crippen molar-refractivity contribution >= 4 is 27.3 Å². The van der Waals surface area contributed by atoms with Gasteiger partial charge in [-0.05, 0) is 19.4 Å². The van der Waals surface area contributed by atoms with Crippen LogP contribution in [-0.2, 0) is 12.0 Å². The van der Waals surface area contributed by atoms with Crippen molar-refractivity contribution < 1.29 is 0 Å². The van der Waals surface area contributed by atoms with E-state index in [1.165, 1.54) is 23.5 Å². The van der Waals surface area contributed by atoms with Gasteiger partial charge in [-0.3, -0.25) is 0 Å². The van der Waals surface area contributed by atoms with Crippen LogP contribution >= 0.6 is 27.3 Å². The van der Waals surface area contributed by atoms with E-state index in [1.54, 1.807) is 11.3 Å². The Morgan fingerprint density at radius 1 is 1.38 bits per heavy atom. The molecule has 0 unspecified atom stereocenters. The molecule has 0 amide bonds. The van der Waals surface area contributed by atoms with Crippen LogP contribution in [0, 0.1) is 0 Å². The van der Waals surface area contributed by atoms with Crippen molar-refractivity contribution in [3.63, 3.8) is 0 Å². The summed E-state index contributed by atoms with van der Waals surface area (Å²) in [6.45, 7) is 8.60. The molecule has 1 heterocycles. The summed E-state index contributed by atoms with van der Waals surface area (Å²) in [5.74, 6) is 0. The van der Waals surface area contributed by atoms with E-state index in [4.69, 9.17) is 0 Å². The van der Waals surface area contributed by atoms with Gasteiger partial charge in [-0.25, -0.2) is 4.98 Å². The van der Waals surface area contributed by atoms with Crippen molar-refractivity contribution in [2.45, 2.75) is 45.6 Å². The number of alkyl halides is 1. The molecular weight excluding hydrogens is 284 g/mol. The van der Waals surface area contributed by atoms with Gasteiger partial charge in [0.15, 0.2) is 0 Å². The fraction of sp³-hybridized carbons (Fsp3) is 0.750. The van der Waals surface area contributed by atoms with Crippen LogP contribution in [0.1, 0.15) is 44.3 Å². The summed E-state index contributed by atoms with van der Waals surface area (Å²) >= 11 is 5.19. The quantitative estimate of drug-likeness (QED) is 0.640. The zero-order chi connectivity index (χ0) is 12.0. The maximum Gasteiger partial charge on any atom is 0.107 e. The van der Waals surface area contributed by atoms with Gasteiger partial charge in [0, 0.05) is 22.7 Å². The molecule has 0 spiro atoms. The van der Waals surface area contributed by atoms with Gasteiger partial charge >= 0.3 is 0 Å². The molecular formula is C12H21BrN2S. The molecule has 0 fully saturated rings. The number of halogens is 1. The van der Waals surface area contributed by atoms with Crippen molar-refractivity contribution in [1.82, 2.24) is 10.3 Å². The van der Waals surface area contributed by atoms with Gasteiger partial charge < -0.3 is 5.32 Å². The van der Waals surface area contributed by atoms with Crippen LogP contribution < -0.4 is 5.32 Å². The monoisotopic (exact) mass is 304 g/mol. The standard InChI is InChI=1S/C12H21BrN2S/c1-12(2,3)10-9-16-11(15-10)8-14-7-5-4-6-13/h9,14H,4-8H2,1-3H3. The van der Waals surface area contributed by atoms with Crippen LogP contribution in [0.5, 0.6) is 0 Å². The predicted octanol–water partition coefficient (Wildman–Crippen LogP) is 3.71. The van der Waals surface area contributed by atoms with E-state index in [0.717, 1.165) is 18.4 Å². The number of aromatic nitrogens is 1. The highest BCUT2D eigenvalue weighted by atomic mass is 79.9. The van der Waals surface area contributed by atoms with E-state index in [2.05, 4.69) is 52.4 Å². The Labute approximate surface area is 111 Å². The fourth-order valence-corrected chi connectivity index (χ4v) is 2.66. The van der Waals surface area contributed by atoms with Crippen LogP contribution in [-0.4, -0.2) is 16.9 Å². The maximum atomic E-state index is 4.65. The predicted molar refractivity (Wildman–Crippen MR) is 75.5 cm³/mol. The third-order valence-corrected chi connectivity index (χ3v) is 3.74. The van der Waals surface area contributed by atoms with Gasteiger partial charge in [-0.1, -0.05) is 36.7 Å². The van der Waals surface area contributed by atoms with Gasteiger partial charge in [-0.15, -0.1) is 11.3 Å². The second-order valence-corrected chi connectivity index (χ2v) is 6.69. The van der Waals surface area contributed by atoms with Crippen LogP contribution in [0.4, 0.5) is 0 Å². The number of rotatable bonds is 6.